The Labute approximate surface area is 117 Å². The van der Waals surface area contributed by atoms with Crippen molar-refractivity contribution in [1.82, 2.24) is 0 Å². The minimum Gasteiger partial charge on any atom is -0.264 e. The number of amides is 1. The molecule has 3 heteroatoms. The van der Waals surface area contributed by atoms with Crippen LogP contribution in [0.3, 0.4) is 0 Å². The molecule has 0 fully saturated rings. The summed E-state index contributed by atoms with van der Waals surface area (Å²) in [6.45, 7) is 1.93. The molecular weight excluding hydrogens is 248 g/mol. The molecule has 20 heavy (non-hydrogen) atoms. The molecule has 3 aromatic rings. The van der Waals surface area contributed by atoms with Crippen molar-refractivity contribution in [3.8, 4) is 0 Å². The third kappa shape index (κ3) is 2.38. The van der Waals surface area contributed by atoms with Gasteiger partial charge in [-0.2, -0.15) is 0 Å². The van der Waals surface area contributed by atoms with Crippen LogP contribution in [0.15, 0.2) is 67.0 Å². The maximum Gasteiger partial charge on any atom is 0.305 e. The molecule has 0 saturated heterocycles. The Balaban J connectivity index is 1.89. The van der Waals surface area contributed by atoms with Crippen molar-refractivity contribution in [3.63, 3.8) is 0 Å². The quantitative estimate of drug-likeness (QED) is 0.709. The van der Waals surface area contributed by atoms with Crippen LogP contribution in [-0.4, -0.2) is 5.91 Å². The monoisotopic (exact) mass is 263 g/mol. The van der Waals surface area contributed by atoms with E-state index < -0.39 is 0 Å². The van der Waals surface area contributed by atoms with Crippen molar-refractivity contribution in [2.45, 2.75) is 6.92 Å². The van der Waals surface area contributed by atoms with Gasteiger partial charge in [0.2, 0.25) is 12.4 Å². The van der Waals surface area contributed by atoms with Crippen LogP contribution in [0.1, 0.15) is 15.9 Å². The van der Waals surface area contributed by atoms with E-state index in [-0.39, 0.29) is 5.91 Å². The third-order valence-corrected chi connectivity index (χ3v) is 3.31. The first-order chi connectivity index (χ1) is 9.74. The van der Waals surface area contributed by atoms with E-state index in [4.69, 9.17) is 0 Å². The topological polar surface area (TPSA) is 33.0 Å². The molecule has 0 atom stereocenters. The first kappa shape index (κ1) is 12.4. The number of pyridine rings is 1. The second kappa shape index (κ2) is 5.13. The lowest BCUT2D eigenvalue weighted by molar-refractivity contribution is -0.639. The van der Waals surface area contributed by atoms with E-state index in [0.717, 1.165) is 16.3 Å². The summed E-state index contributed by atoms with van der Waals surface area (Å²) in [6, 6.07) is 17.6. The number of aryl methyl sites for hydroxylation is 1. The maximum atomic E-state index is 12.2. The van der Waals surface area contributed by atoms with Gasteiger partial charge in [0.25, 0.3) is 0 Å². The number of fused-ring (bicyclic) bond motifs is 1. The predicted molar refractivity (Wildman–Crippen MR) is 79.0 cm³/mol. The highest BCUT2D eigenvalue weighted by molar-refractivity contribution is 6.00. The molecule has 1 amide bonds. The number of aromatic nitrogens is 1. The Morgan fingerprint density at radius 2 is 1.65 bits per heavy atom. The number of hydrogen-bond acceptors (Lipinski definition) is 1. The van der Waals surface area contributed by atoms with Gasteiger partial charge in [0.1, 0.15) is 0 Å². The fourth-order valence-electron chi connectivity index (χ4n) is 2.21. The van der Waals surface area contributed by atoms with Crippen LogP contribution in [0.2, 0.25) is 0 Å². The standard InChI is InChI=1S/C17H14N2O/c1-13-6-2-5-9-16(13)17(20)18-19-11-10-14-7-3-4-8-15(14)12-19/h2-12H,1H3/p+1. The molecule has 1 N–H and O–H groups in total. The zero-order valence-corrected chi connectivity index (χ0v) is 11.2. The summed E-state index contributed by atoms with van der Waals surface area (Å²) in [5.41, 5.74) is 4.52. The summed E-state index contributed by atoms with van der Waals surface area (Å²) in [7, 11) is 0. The Hall–Kier alpha value is -2.68. The molecule has 0 bridgehead atoms. The van der Waals surface area contributed by atoms with Gasteiger partial charge in [0.05, 0.1) is 0 Å². The summed E-state index contributed by atoms with van der Waals surface area (Å²) < 4.78 is 1.69. The van der Waals surface area contributed by atoms with Gasteiger partial charge in [0.15, 0.2) is 0 Å². The van der Waals surface area contributed by atoms with Crippen molar-refractivity contribution in [1.29, 1.82) is 0 Å². The van der Waals surface area contributed by atoms with Crippen molar-refractivity contribution in [2.75, 3.05) is 5.43 Å². The summed E-state index contributed by atoms with van der Waals surface area (Å²) in [6.07, 6.45) is 3.75. The average Bonchev–Trinajstić information content (AvgIpc) is 2.47. The zero-order valence-electron chi connectivity index (χ0n) is 11.2. The lowest BCUT2D eigenvalue weighted by Gasteiger charge is -2.03. The van der Waals surface area contributed by atoms with Crippen LogP contribution < -0.4 is 10.1 Å². The summed E-state index contributed by atoms with van der Waals surface area (Å²) in [5.74, 6) is -0.108. The molecule has 0 aliphatic heterocycles. The molecule has 2 aromatic carbocycles. The molecule has 0 aliphatic carbocycles. The molecule has 98 valence electrons. The fourth-order valence-corrected chi connectivity index (χ4v) is 2.21. The summed E-state index contributed by atoms with van der Waals surface area (Å²) >= 11 is 0. The highest BCUT2D eigenvalue weighted by atomic mass is 16.2. The van der Waals surface area contributed by atoms with Crippen LogP contribution >= 0.6 is 0 Å². The summed E-state index contributed by atoms with van der Waals surface area (Å²) in [5, 5.41) is 2.23. The number of hydrogen-bond donors (Lipinski definition) is 1. The van der Waals surface area contributed by atoms with Crippen molar-refractivity contribution < 1.29 is 9.47 Å². The van der Waals surface area contributed by atoms with E-state index in [1.165, 1.54) is 0 Å². The largest absolute Gasteiger partial charge is 0.305 e. The van der Waals surface area contributed by atoms with Gasteiger partial charge in [-0.05, 0) is 30.0 Å². The lowest BCUT2D eigenvalue weighted by atomic mass is 10.1. The average molecular weight is 263 g/mol. The predicted octanol–water partition coefficient (Wildman–Crippen LogP) is 2.82. The van der Waals surface area contributed by atoms with Crippen LogP contribution in [0.4, 0.5) is 0 Å². The van der Waals surface area contributed by atoms with E-state index in [0.29, 0.717) is 5.56 Å². The van der Waals surface area contributed by atoms with Gasteiger partial charge >= 0.3 is 5.91 Å². The molecular formula is C17H15N2O+. The van der Waals surface area contributed by atoms with Gasteiger partial charge in [-0.1, -0.05) is 41.1 Å². The molecule has 0 unspecified atom stereocenters. The van der Waals surface area contributed by atoms with Crippen molar-refractivity contribution in [2.24, 2.45) is 0 Å². The van der Waals surface area contributed by atoms with Crippen molar-refractivity contribution >= 4 is 16.7 Å². The van der Waals surface area contributed by atoms with Crippen molar-refractivity contribution in [3.05, 3.63) is 78.1 Å². The zero-order chi connectivity index (χ0) is 13.9. The van der Waals surface area contributed by atoms with Gasteiger partial charge in [-0.15, -0.1) is 5.43 Å². The van der Waals surface area contributed by atoms with Gasteiger partial charge in [0, 0.05) is 17.0 Å². The normalized spacial score (nSPS) is 10.4. The second-order valence-electron chi connectivity index (χ2n) is 4.74. The Bertz CT molecular complexity index is 781. The molecule has 0 saturated carbocycles. The fraction of sp³-hybridized carbons (Fsp3) is 0.0588. The Morgan fingerprint density at radius 1 is 0.950 bits per heavy atom. The van der Waals surface area contributed by atoms with Gasteiger partial charge < -0.3 is 0 Å². The maximum absolute atomic E-state index is 12.2. The smallest absolute Gasteiger partial charge is 0.264 e. The molecule has 1 heterocycles. The number of nitrogens with zero attached hydrogens (tertiary/aromatic N) is 1. The van der Waals surface area contributed by atoms with E-state index in [9.17, 15) is 4.79 Å². The molecule has 3 rings (SSSR count). The number of nitrogens with one attached hydrogen (secondary N) is 1. The number of rotatable bonds is 2. The van der Waals surface area contributed by atoms with E-state index in [1.807, 2.05) is 73.9 Å². The summed E-state index contributed by atoms with van der Waals surface area (Å²) in [4.78, 5) is 12.2. The Morgan fingerprint density at radius 3 is 2.45 bits per heavy atom. The van der Waals surface area contributed by atoms with Gasteiger partial charge in [-0.25, -0.2) is 0 Å². The van der Waals surface area contributed by atoms with Crippen LogP contribution in [-0.2, 0) is 0 Å². The van der Waals surface area contributed by atoms with E-state index in [1.54, 1.807) is 4.68 Å². The first-order valence-electron chi connectivity index (χ1n) is 6.51. The van der Waals surface area contributed by atoms with Crippen LogP contribution in [0.5, 0.6) is 0 Å². The SMILES string of the molecule is Cc1ccccc1C(=O)N[n+]1ccc2ccccc2c1. The van der Waals surface area contributed by atoms with Gasteiger partial charge in [-0.3, -0.25) is 4.79 Å². The second-order valence-corrected chi connectivity index (χ2v) is 4.74. The minimum absolute atomic E-state index is 0.108. The molecule has 0 spiro atoms. The molecule has 3 nitrogen and oxygen atoms in total. The molecule has 0 aliphatic rings. The minimum atomic E-state index is -0.108. The number of benzene rings is 2. The van der Waals surface area contributed by atoms with Crippen LogP contribution in [0.25, 0.3) is 10.8 Å². The number of carbonyl (C=O) groups excluding carboxylic acids is 1. The van der Waals surface area contributed by atoms with Crippen LogP contribution in [0, 0.1) is 6.92 Å². The van der Waals surface area contributed by atoms with E-state index >= 15 is 0 Å². The highest BCUT2D eigenvalue weighted by Gasteiger charge is 2.12. The number of carbonyl (C=O) groups is 1. The highest BCUT2D eigenvalue weighted by Crippen LogP contribution is 2.10. The molecule has 0 radical (unpaired) electrons. The molecule has 1 aromatic heterocycles. The first-order valence-corrected chi connectivity index (χ1v) is 6.51. The lowest BCUT2D eigenvalue weighted by Crippen LogP contribution is -2.47. The third-order valence-electron chi connectivity index (χ3n) is 3.31. The Kier molecular flexibility index (Phi) is 3.17. The van der Waals surface area contributed by atoms with E-state index in [2.05, 4.69) is 5.43 Å².